The molecule has 0 radical (unpaired) electrons. The van der Waals surface area contributed by atoms with Crippen LogP contribution in [0.15, 0.2) is 32.0 Å². The number of hydrogen-bond donors (Lipinski definition) is 0. The summed E-state index contributed by atoms with van der Waals surface area (Å²) in [6, 6.07) is 4.80. The highest BCUT2D eigenvalue weighted by Gasteiger charge is 2.17. The van der Waals surface area contributed by atoms with Crippen molar-refractivity contribution in [2.75, 3.05) is 0 Å². The molecule has 4 nitrogen and oxygen atoms in total. The van der Waals surface area contributed by atoms with Gasteiger partial charge < -0.3 is 0 Å². The second-order valence-corrected chi connectivity index (χ2v) is 5.95. The number of thiazole rings is 1. The molecule has 1 aromatic heterocycles. The van der Waals surface area contributed by atoms with Crippen molar-refractivity contribution in [3.8, 4) is 11.3 Å². The first-order valence-corrected chi connectivity index (χ1v) is 6.60. The number of halogens is 2. The molecule has 0 saturated carbocycles. The lowest BCUT2D eigenvalue weighted by Gasteiger charge is -2.00. The average molecular weight is 364 g/mol. The van der Waals surface area contributed by atoms with Crippen LogP contribution in [0.25, 0.3) is 11.3 Å². The number of aromatic nitrogens is 1. The molecule has 0 aliphatic carbocycles. The molecule has 0 spiro atoms. The first-order chi connectivity index (χ1) is 7.58. The molecule has 0 aliphatic rings. The average Bonchev–Trinajstić information content (AvgIpc) is 2.64. The van der Waals surface area contributed by atoms with E-state index in [1.165, 1.54) is 17.4 Å². The van der Waals surface area contributed by atoms with Gasteiger partial charge in [0.15, 0.2) is 3.92 Å². The Morgan fingerprint density at radius 3 is 2.69 bits per heavy atom. The van der Waals surface area contributed by atoms with Gasteiger partial charge in [-0.2, -0.15) is 0 Å². The first-order valence-electron chi connectivity index (χ1n) is 4.13. The van der Waals surface area contributed by atoms with Gasteiger partial charge in [-0.25, -0.2) is 4.98 Å². The van der Waals surface area contributed by atoms with E-state index in [9.17, 15) is 10.1 Å². The molecule has 16 heavy (non-hydrogen) atoms. The Labute approximate surface area is 112 Å². The predicted octanol–water partition coefficient (Wildman–Crippen LogP) is 4.24. The van der Waals surface area contributed by atoms with Crippen LogP contribution in [-0.4, -0.2) is 9.91 Å². The van der Waals surface area contributed by atoms with E-state index in [0.717, 1.165) is 4.47 Å². The third kappa shape index (κ3) is 2.31. The molecule has 0 aliphatic heterocycles. The minimum absolute atomic E-state index is 0.0565. The van der Waals surface area contributed by atoms with Crippen LogP contribution in [0.3, 0.4) is 0 Å². The van der Waals surface area contributed by atoms with E-state index in [2.05, 4.69) is 36.8 Å². The quantitative estimate of drug-likeness (QED) is 0.592. The third-order valence-corrected chi connectivity index (χ3v) is 3.77. The van der Waals surface area contributed by atoms with Gasteiger partial charge in [-0.15, -0.1) is 11.3 Å². The zero-order valence-electron chi connectivity index (χ0n) is 7.68. The molecule has 0 fully saturated rings. The zero-order valence-corrected chi connectivity index (χ0v) is 11.7. The summed E-state index contributed by atoms with van der Waals surface area (Å²) in [6.07, 6.45) is 0. The fourth-order valence-electron chi connectivity index (χ4n) is 1.25. The number of rotatable bonds is 2. The summed E-state index contributed by atoms with van der Waals surface area (Å²) in [5.74, 6) is 0. The maximum atomic E-state index is 10.9. The largest absolute Gasteiger partial charge is 0.278 e. The van der Waals surface area contributed by atoms with Crippen LogP contribution in [0, 0.1) is 10.1 Å². The number of nitro benzene ring substituents is 1. The van der Waals surface area contributed by atoms with Gasteiger partial charge in [0.05, 0.1) is 16.2 Å². The van der Waals surface area contributed by atoms with Crippen molar-refractivity contribution in [3.63, 3.8) is 0 Å². The number of nitrogens with zero attached hydrogens (tertiary/aromatic N) is 2. The monoisotopic (exact) mass is 362 g/mol. The Hall–Kier alpha value is -0.790. The highest BCUT2D eigenvalue weighted by atomic mass is 79.9. The third-order valence-electron chi connectivity index (χ3n) is 1.91. The standard InChI is InChI=1S/C9H4Br2N2O2S/c10-5-1-2-8(13(14)15)6(3-5)7-4-16-9(11)12-7/h1-4H. The summed E-state index contributed by atoms with van der Waals surface area (Å²) in [5, 5.41) is 12.6. The van der Waals surface area contributed by atoms with E-state index < -0.39 is 4.92 Å². The van der Waals surface area contributed by atoms with E-state index in [1.54, 1.807) is 17.5 Å². The van der Waals surface area contributed by atoms with E-state index in [4.69, 9.17) is 0 Å². The molecule has 0 amide bonds. The van der Waals surface area contributed by atoms with Crippen molar-refractivity contribution in [3.05, 3.63) is 42.1 Å². The molecule has 2 rings (SSSR count). The Bertz CT molecular complexity index is 556. The van der Waals surface area contributed by atoms with Gasteiger partial charge in [-0.3, -0.25) is 10.1 Å². The molecule has 0 atom stereocenters. The fourth-order valence-corrected chi connectivity index (χ4v) is 2.62. The smallest absolute Gasteiger partial charge is 0.258 e. The van der Waals surface area contributed by atoms with Crippen molar-refractivity contribution in [2.45, 2.75) is 0 Å². The Morgan fingerprint density at radius 2 is 2.12 bits per heavy atom. The molecule has 82 valence electrons. The number of nitro groups is 1. The van der Waals surface area contributed by atoms with Crippen LogP contribution in [0.4, 0.5) is 5.69 Å². The second kappa shape index (κ2) is 4.60. The second-order valence-electron chi connectivity index (χ2n) is 2.90. The molecule has 0 saturated heterocycles. The minimum atomic E-state index is -0.408. The summed E-state index contributed by atoms with van der Waals surface area (Å²) in [4.78, 5) is 14.6. The van der Waals surface area contributed by atoms with E-state index in [1.807, 2.05) is 0 Å². The van der Waals surface area contributed by atoms with E-state index in [0.29, 0.717) is 15.2 Å². The summed E-state index contributed by atoms with van der Waals surface area (Å²) in [6.45, 7) is 0. The molecule has 1 heterocycles. The van der Waals surface area contributed by atoms with Gasteiger partial charge in [0, 0.05) is 15.9 Å². The van der Waals surface area contributed by atoms with Gasteiger partial charge >= 0.3 is 0 Å². The highest BCUT2D eigenvalue weighted by Crippen LogP contribution is 2.33. The fraction of sp³-hybridized carbons (Fsp3) is 0. The SMILES string of the molecule is O=[N+]([O-])c1ccc(Br)cc1-c1csc(Br)n1. The molecular formula is C9H4Br2N2O2S. The van der Waals surface area contributed by atoms with Crippen LogP contribution in [0.1, 0.15) is 0 Å². The predicted molar refractivity (Wildman–Crippen MR) is 69.6 cm³/mol. The first kappa shape index (κ1) is 11.7. The molecule has 7 heteroatoms. The Morgan fingerprint density at radius 1 is 1.38 bits per heavy atom. The Kier molecular flexibility index (Phi) is 3.36. The summed E-state index contributed by atoms with van der Waals surface area (Å²) >= 11 is 7.92. The molecule has 2 aromatic rings. The van der Waals surface area contributed by atoms with Gasteiger partial charge in [0.25, 0.3) is 5.69 Å². The molecule has 0 unspecified atom stereocenters. The molecule has 0 bridgehead atoms. The van der Waals surface area contributed by atoms with Crippen molar-refractivity contribution < 1.29 is 4.92 Å². The summed E-state index contributed by atoms with van der Waals surface area (Å²) < 4.78 is 1.49. The minimum Gasteiger partial charge on any atom is -0.258 e. The van der Waals surface area contributed by atoms with Crippen molar-refractivity contribution in [2.24, 2.45) is 0 Å². The summed E-state index contributed by atoms with van der Waals surface area (Å²) in [5.41, 5.74) is 1.17. The molecular weight excluding hydrogens is 360 g/mol. The van der Waals surface area contributed by atoms with Gasteiger partial charge in [0.2, 0.25) is 0 Å². The highest BCUT2D eigenvalue weighted by molar-refractivity contribution is 9.11. The van der Waals surface area contributed by atoms with Gasteiger partial charge in [0.1, 0.15) is 0 Å². The lowest BCUT2D eigenvalue weighted by atomic mass is 10.1. The molecule has 0 N–H and O–H groups in total. The van der Waals surface area contributed by atoms with Crippen LogP contribution >= 0.6 is 43.2 Å². The lowest BCUT2D eigenvalue weighted by Crippen LogP contribution is -1.92. The summed E-state index contributed by atoms with van der Waals surface area (Å²) in [7, 11) is 0. The van der Waals surface area contributed by atoms with Gasteiger partial charge in [-0.05, 0) is 28.1 Å². The lowest BCUT2D eigenvalue weighted by molar-refractivity contribution is -0.384. The van der Waals surface area contributed by atoms with Crippen molar-refractivity contribution in [1.82, 2.24) is 4.98 Å². The van der Waals surface area contributed by atoms with Crippen LogP contribution in [-0.2, 0) is 0 Å². The topological polar surface area (TPSA) is 56.0 Å². The van der Waals surface area contributed by atoms with Crippen molar-refractivity contribution in [1.29, 1.82) is 0 Å². The van der Waals surface area contributed by atoms with Crippen molar-refractivity contribution >= 4 is 48.9 Å². The van der Waals surface area contributed by atoms with Gasteiger partial charge in [-0.1, -0.05) is 15.9 Å². The zero-order chi connectivity index (χ0) is 11.7. The maximum absolute atomic E-state index is 10.9. The normalized spacial score (nSPS) is 10.4. The Balaban J connectivity index is 2.62. The molecule has 1 aromatic carbocycles. The van der Waals surface area contributed by atoms with Crippen LogP contribution < -0.4 is 0 Å². The van der Waals surface area contributed by atoms with E-state index >= 15 is 0 Å². The maximum Gasteiger partial charge on any atom is 0.278 e. The number of benzene rings is 1. The number of hydrogen-bond acceptors (Lipinski definition) is 4. The van der Waals surface area contributed by atoms with Crippen LogP contribution in [0.5, 0.6) is 0 Å². The van der Waals surface area contributed by atoms with Crippen LogP contribution in [0.2, 0.25) is 0 Å². The van der Waals surface area contributed by atoms with E-state index in [-0.39, 0.29) is 5.69 Å².